The molecule has 2 aromatic rings. The van der Waals surface area contributed by atoms with Gasteiger partial charge in [0, 0.05) is 24.2 Å². The van der Waals surface area contributed by atoms with Crippen molar-refractivity contribution in [2.45, 2.75) is 12.5 Å². The van der Waals surface area contributed by atoms with E-state index in [1.54, 1.807) is 31.3 Å². The Bertz CT molecular complexity index is 736. The van der Waals surface area contributed by atoms with Gasteiger partial charge in [-0.25, -0.2) is 0 Å². The van der Waals surface area contributed by atoms with Gasteiger partial charge in [-0.1, -0.05) is 29.8 Å². The average Bonchev–Trinajstić information content (AvgIpc) is 3.00. The van der Waals surface area contributed by atoms with Gasteiger partial charge in [-0.05, 0) is 35.9 Å². The molecule has 1 aliphatic heterocycles. The predicted octanol–water partition coefficient (Wildman–Crippen LogP) is 2.74. The largest absolute Gasteiger partial charge is 0.480 e. The Morgan fingerprint density at radius 2 is 1.92 bits per heavy atom. The molecule has 6 heteroatoms. The van der Waals surface area contributed by atoms with Crippen molar-refractivity contribution in [3.05, 3.63) is 59.1 Å². The summed E-state index contributed by atoms with van der Waals surface area (Å²) in [6.07, 6.45) is -0.0475. The number of carbonyl (C=O) groups excluding carboxylic acids is 2. The number of ether oxygens (including phenoxy) is 1. The smallest absolute Gasteiger partial charge is 0.264 e. The van der Waals surface area contributed by atoms with E-state index in [4.69, 9.17) is 16.3 Å². The monoisotopic (exact) mass is 344 g/mol. The molecule has 0 bridgehead atoms. The van der Waals surface area contributed by atoms with Crippen LogP contribution >= 0.6 is 11.6 Å². The Hall–Kier alpha value is -2.53. The maximum absolute atomic E-state index is 12.4. The Labute approximate surface area is 145 Å². The first-order valence-corrected chi connectivity index (χ1v) is 7.95. The van der Waals surface area contributed by atoms with Gasteiger partial charge in [0.05, 0.1) is 6.54 Å². The zero-order valence-corrected chi connectivity index (χ0v) is 13.9. The highest BCUT2D eigenvalue weighted by Crippen LogP contribution is 2.28. The summed E-state index contributed by atoms with van der Waals surface area (Å²) in [7, 11) is 1.59. The normalized spacial score (nSPS) is 15.3. The zero-order chi connectivity index (χ0) is 17.1. The minimum atomic E-state index is -0.573. The molecule has 1 heterocycles. The van der Waals surface area contributed by atoms with E-state index in [0.29, 0.717) is 17.1 Å². The van der Waals surface area contributed by atoms with E-state index in [0.717, 1.165) is 11.3 Å². The summed E-state index contributed by atoms with van der Waals surface area (Å²) in [6, 6.07) is 14.4. The summed E-state index contributed by atoms with van der Waals surface area (Å²) in [5.41, 5.74) is 1.64. The lowest BCUT2D eigenvalue weighted by atomic mass is 10.1. The average molecular weight is 345 g/mol. The van der Waals surface area contributed by atoms with E-state index in [1.165, 1.54) is 4.90 Å². The van der Waals surface area contributed by atoms with Gasteiger partial charge >= 0.3 is 0 Å². The van der Waals surface area contributed by atoms with Crippen molar-refractivity contribution in [3.8, 4) is 5.75 Å². The molecule has 0 saturated carbocycles. The number of anilines is 1. The number of benzene rings is 2. The number of carbonyl (C=O) groups is 2. The summed E-state index contributed by atoms with van der Waals surface area (Å²) in [4.78, 5) is 25.9. The number of hydrogen-bond acceptors (Lipinski definition) is 3. The maximum atomic E-state index is 12.4. The first kappa shape index (κ1) is 16.3. The van der Waals surface area contributed by atoms with Crippen LogP contribution in [0.25, 0.3) is 0 Å². The quantitative estimate of drug-likeness (QED) is 0.927. The van der Waals surface area contributed by atoms with E-state index >= 15 is 0 Å². The third-order valence-electron chi connectivity index (χ3n) is 3.81. The number of para-hydroxylation sites is 1. The van der Waals surface area contributed by atoms with Crippen LogP contribution in [0.5, 0.6) is 5.75 Å². The van der Waals surface area contributed by atoms with E-state index in [-0.39, 0.29) is 18.4 Å². The van der Waals surface area contributed by atoms with Crippen LogP contribution in [0.4, 0.5) is 5.69 Å². The van der Waals surface area contributed by atoms with Crippen LogP contribution in [0.15, 0.2) is 48.5 Å². The standard InChI is InChI=1S/C18H17ClN2O3/c1-21(11-17(22)20-14-8-6-13(19)7-9-14)18(23)16-10-12-4-2-3-5-15(12)24-16/h2-9,16H,10-11H2,1H3,(H,20,22). The predicted molar refractivity (Wildman–Crippen MR) is 92.3 cm³/mol. The highest BCUT2D eigenvalue weighted by molar-refractivity contribution is 6.30. The SMILES string of the molecule is CN(CC(=O)Nc1ccc(Cl)cc1)C(=O)C1Cc2ccccc2O1. The molecule has 1 unspecified atom stereocenters. The lowest BCUT2D eigenvalue weighted by Crippen LogP contribution is -2.42. The molecule has 1 N–H and O–H groups in total. The van der Waals surface area contributed by atoms with E-state index in [9.17, 15) is 9.59 Å². The van der Waals surface area contributed by atoms with Gasteiger partial charge in [-0.15, -0.1) is 0 Å². The summed E-state index contributed by atoms with van der Waals surface area (Å²) < 4.78 is 5.67. The Kier molecular flexibility index (Phi) is 4.71. The molecule has 2 aromatic carbocycles. The highest BCUT2D eigenvalue weighted by Gasteiger charge is 2.31. The van der Waals surface area contributed by atoms with Crippen molar-refractivity contribution in [1.82, 2.24) is 4.90 Å². The fourth-order valence-corrected chi connectivity index (χ4v) is 2.72. The summed E-state index contributed by atoms with van der Waals surface area (Å²) in [5.74, 6) is 0.246. The molecule has 1 aliphatic rings. The molecule has 0 radical (unpaired) electrons. The molecule has 5 nitrogen and oxygen atoms in total. The first-order valence-electron chi connectivity index (χ1n) is 7.58. The molecular formula is C18H17ClN2O3. The van der Waals surface area contributed by atoms with Crippen LogP contribution in [-0.4, -0.2) is 36.4 Å². The van der Waals surface area contributed by atoms with Gasteiger partial charge in [-0.3, -0.25) is 9.59 Å². The van der Waals surface area contributed by atoms with E-state index in [2.05, 4.69) is 5.32 Å². The fraction of sp³-hybridized carbons (Fsp3) is 0.222. The molecule has 2 amide bonds. The number of nitrogens with zero attached hydrogens (tertiary/aromatic N) is 1. The summed E-state index contributed by atoms with van der Waals surface area (Å²) >= 11 is 5.81. The number of halogens is 1. The molecular weight excluding hydrogens is 328 g/mol. The molecule has 0 spiro atoms. The third-order valence-corrected chi connectivity index (χ3v) is 4.06. The van der Waals surface area contributed by atoms with Gasteiger partial charge in [0.2, 0.25) is 5.91 Å². The van der Waals surface area contributed by atoms with Gasteiger partial charge < -0.3 is 15.0 Å². The molecule has 3 rings (SSSR count). The summed E-state index contributed by atoms with van der Waals surface area (Å²) in [5, 5.41) is 3.33. The van der Waals surface area contributed by atoms with Crippen molar-refractivity contribution in [2.75, 3.05) is 18.9 Å². The maximum Gasteiger partial charge on any atom is 0.264 e. The third kappa shape index (κ3) is 3.68. The van der Waals surface area contributed by atoms with Gasteiger partial charge in [-0.2, -0.15) is 0 Å². The second-order valence-corrected chi connectivity index (χ2v) is 6.10. The van der Waals surface area contributed by atoms with Crippen molar-refractivity contribution >= 4 is 29.1 Å². The van der Waals surface area contributed by atoms with E-state index < -0.39 is 6.10 Å². The highest BCUT2D eigenvalue weighted by atomic mass is 35.5. The second-order valence-electron chi connectivity index (χ2n) is 5.67. The van der Waals surface area contributed by atoms with Crippen molar-refractivity contribution in [2.24, 2.45) is 0 Å². The van der Waals surface area contributed by atoms with Crippen LogP contribution in [0, 0.1) is 0 Å². The molecule has 0 aromatic heterocycles. The minimum absolute atomic E-state index is 0.0440. The topological polar surface area (TPSA) is 58.6 Å². The van der Waals surface area contributed by atoms with Crippen LogP contribution < -0.4 is 10.1 Å². The zero-order valence-electron chi connectivity index (χ0n) is 13.2. The molecule has 0 saturated heterocycles. The van der Waals surface area contributed by atoms with Crippen molar-refractivity contribution < 1.29 is 14.3 Å². The molecule has 0 fully saturated rings. The van der Waals surface area contributed by atoms with Gasteiger partial charge in [0.25, 0.3) is 5.91 Å². The van der Waals surface area contributed by atoms with E-state index in [1.807, 2.05) is 24.3 Å². The lowest BCUT2D eigenvalue weighted by molar-refractivity contribution is -0.139. The van der Waals surface area contributed by atoms with Gasteiger partial charge in [0.15, 0.2) is 6.10 Å². The first-order chi connectivity index (χ1) is 11.5. The van der Waals surface area contributed by atoms with Crippen LogP contribution in [0.3, 0.4) is 0 Å². The molecule has 0 aliphatic carbocycles. The Morgan fingerprint density at radius 3 is 2.62 bits per heavy atom. The van der Waals surface area contributed by atoms with Crippen molar-refractivity contribution in [1.29, 1.82) is 0 Å². The van der Waals surface area contributed by atoms with Crippen LogP contribution in [-0.2, 0) is 16.0 Å². The summed E-state index contributed by atoms with van der Waals surface area (Å²) in [6.45, 7) is -0.0440. The number of likely N-dealkylation sites (N-methyl/N-ethyl adjacent to an activating group) is 1. The fourth-order valence-electron chi connectivity index (χ4n) is 2.59. The molecule has 24 heavy (non-hydrogen) atoms. The molecule has 1 atom stereocenters. The van der Waals surface area contributed by atoms with Gasteiger partial charge in [0.1, 0.15) is 5.75 Å². The minimum Gasteiger partial charge on any atom is -0.480 e. The number of nitrogens with one attached hydrogen (secondary N) is 1. The Balaban J connectivity index is 1.55. The lowest BCUT2D eigenvalue weighted by Gasteiger charge is -2.20. The Morgan fingerprint density at radius 1 is 1.21 bits per heavy atom. The van der Waals surface area contributed by atoms with Crippen molar-refractivity contribution in [3.63, 3.8) is 0 Å². The second kappa shape index (κ2) is 6.93. The van der Waals surface area contributed by atoms with Crippen LogP contribution in [0.1, 0.15) is 5.56 Å². The number of amides is 2. The number of fused-ring (bicyclic) bond motifs is 1. The number of rotatable bonds is 4. The van der Waals surface area contributed by atoms with Crippen LogP contribution in [0.2, 0.25) is 5.02 Å². The molecule has 124 valence electrons. The number of hydrogen-bond donors (Lipinski definition) is 1.